The van der Waals surface area contributed by atoms with Crippen LogP contribution in [0.2, 0.25) is 0 Å². The summed E-state index contributed by atoms with van der Waals surface area (Å²) in [6.07, 6.45) is 2.24. The molecule has 0 bridgehead atoms. The molecule has 0 spiro atoms. The van der Waals surface area contributed by atoms with Crippen molar-refractivity contribution in [1.29, 1.82) is 0 Å². The lowest BCUT2D eigenvalue weighted by atomic mass is 10.2. The van der Waals surface area contributed by atoms with Gasteiger partial charge >= 0.3 is 6.03 Å². The summed E-state index contributed by atoms with van der Waals surface area (Å²) in [6, 6.07) is 7.26. The van der Waals surface area contributed by atoms with Crippen molar-refractivity contribution < 1.29 is 19.0 Å². The van der Waals surface area contributed by atoms with Gasteiger partial charge in [-0.25, -0.2) is 4.79 Å². The molecule has 22 heavy (non-hydrogen) atoms. The van der Waals surface area contributed by atoms with E-state index in [1.165, 1.54) is 0 Å². The minimum Gasteiger partial charge on any atom is -0.494 e. The van der Waals surface area contributed by atoms with E-state index in [0.29, 0.717) is 26.3 Å². The van der Waals surface area contributed by atoms with Crippen LogP contribution in [-0.2, 0) is 4.74 Å². The zero-order chi connectivity index (χ0) is 15.6. The van der Waals surface area contributed by atoms with E-state index in [-0.39, 0.29) is 12.1 Å². The number of carbonyl (C=O) groups excluding carboxylic acids is 1. The van der Waals surface area contributed by atoms with Gasteiger partial charge in [-0.1, -0.05) is 6.07 Å². The Morgan fingerprint density at radius 2 is 2.14 bits per heavy atom. The molecule has 2 amide bonds. The van der Waals surface area contributed by atoms with Crippen molar-refractivity contribution >= 4 is 6.03 Å². The molecule has 2 N–H and O–H groups in total. The Balaban J connectivity index is 1.58. The first-order valence-electron chi connectivity index (χ1n) is 7.77. The van der Waals surface area contributed by atoms with Crippen LogP contribution in [0.3, 0.4) is 0 Å². The van der Waals surface area contributed by atoms with E-state index < -0.39 is 0 Å². The summed E-state index contributed by atoms with van der Waals surface area (Å²) in [5, 5.41) is 5.55. The predicted octanol–water partition coefficient (Wildman–Crippen LogP) is 1.94. The van der Waals surface area contributed by atoms with E-state index in [0.717, 1.165) is 30.9 Å². The Bertz CT molecular complexity index is 461. The topological polar surface area (TPSA) is 68.8 Å². The lowest BCUT2D eigenvalue weighted by molar-refractivity contribution is 0.111. The summed E-state index contributed by atoms with van der Waals surface area (Å²) in [6.45, 7) is 4.76. The second-order valence-corrected chi connectivity index (χ2v) is 5.03. The molecule has 1 atom stereocenters. The molecular formula is C16H24N2O4. The Hall–Kier alpha value is -1.95. The van der Waals surface area contributed by atoms with Crippen LogP contribution in [0, 0.1) is 0 Å². The largest absolute Gasteiger partial charge is 0.494 e. The average molecular weight is 308 g/mol. The molecule has 1 aliphatic rings. The van der Waals surface area contributed by atoms with E-state index in [9.17, 15) is 4.79 Å². The van der Waals surface area contributed by atoms with Crippen molar-refractivity contribution in [2.24, 2.45) is 0 Å². The molecule has 1 aromatic carbocycles. The van der Waals surface area contributed by atoms with E-state index in [2.05, 4.69) is 10.6 Å². The number of ether oxygens (including phenoxy) is 3. The van der Waals surface area contributed by atoms with Gasteiger partial charge < -0.3 is 24.8 Å². The van der Waals surface area contributed by atoms with E-state index in [1.807, 2.05) is 31.2 Å². The maximum absolute atomic E-state index is 11.6. The summed E-state index contributed by atoms with van der Waals surface area (Å²) in [7, 11) is 0. The van der Waals surface area contributed by atoms with Gasteiger partial charge in [-0.2, -0.15) is 0 Å². The highest BCUT2D eigenvalue weighted by atomic mass is 16.5. The monoisotopic (exact) mass is 308 g/mol. The Morgan fingerprint density at radius 3 is 2.86 bits per heavy atom. The summed E-state index contributed by atoms with van der Waals surface area (Å²) in [5.74, 6) is 1.51. The molecule has 1 saturated heterocycles. The van der Waals surface area contributed by atoms with E-state index in [1.54, 1.807) is 0 Å². The second kappa shape index (κ2) is 9.15. The quantitative estimate of drug-likeness (QED) is 0.720. The van der Waals surface area contributed by atoms with Crippen molar-refractivity contribution in [2.45, 2.75) is 25.9 Å². The first-order chi connectivity index (χ1) is 10.8. The first-order valence-corrected chi connectivity index (χ1v) is 7.77. The molecule has 1 aromatic rings. The number of nitrogens with one attached hydrogen (secondary N) is 2. The molecular weight excluding hydrogens is 284 g/mol. The number of carbonyl (C=O) groups is 1. The number of hydrogen-bond donors (Lipinski definition) is 2. The van der Waals surface area contributed by atoms with Gasteiger partial charge in [0.1, 0.15) is 18.1 Å². The lowest BCUT2D eigenvalue weighted by Gasteiger charge is -2.12. The van der Waals surface area contributed by atoms with Gasteiger partial charge in [0.15, 0.2) is 0 Å². The molecule has 0 saturated carbocycles. The third kappa shape index (κ3) is 5.81. The minimum atomic E-state index is -0.192. The fourth-order valence-electron chi connectivity index (χ4n) is 2.23. The van der Waals surface area contributed by atoms with Gasteiger partial charge in [-0.15, -0.1) is 0 Å². The van der Waals surface area contributed by atoms with Gasteiger partial charge in [0.2, 0.25) is 0 Å². The van der Waals surface area contributed by atoms with Crippen molar-refractivity contribution in [2.75, 3.05) is 32.9 Å². The molecule has 6 nitrogen and oxygen atoms in total. The highest BCUT2D eigenvalue weighted by Crippen LogP contribution is 2.19. The highest BCUT2D eigenvalue weighted by molar-refractivity contribution is 5.73. The summed E-state index contributed by atoms with van der Waals surface area (Å²) >= 11 is 0. The predicted molar refractivity (Wildman–Crippen MR) is 83.5 cm³/mol. The zero-order valence-corrected chi connectivity index (χ0v) is 13.0. The summed E-state index contributed by atoms with van der Waals surface area (Å²) in [5.41, 5.74) is 0. The Morgan fingerprint density at radius 1 is 1.32 bits per heavy atom. The van der Waals surface area contributed by atoms with Crippen molar-refractivity contribution in [3.05, 3.63) is 24.3 Å². The number of hydrogen-bond acceptors (Lipinski definition) is 4. The van der Waals surface area contributed by atoms with Gasteiger partial charge in [0.05, 0.1) is 19.3 Å². The molecule has 2 rings (SSSR count). The smallest absolute Gasteiger partial charge is 0.315 e. The van der Waals surface area contributed by atoms with Crippen LogP contribution in [0.15, 0.2) is 24.3 Å². The summed E-state index contributed by atoms with van der Waals surface area (Å²) in [4.78, 5) is 11.6. The molecule has 0 radical (unpaired) electrons. The fraction of sp³-hybridized carbons (Fsp3) is 0.562. The van der Waals surface area contributed by atoms with Crippen LogP contribution < -0.4 is 20.1 Å². The van der Waals surface area contributed by atoms with E-state index in [4.69, 9.17) is 14.2 Å². The molecule has 0 aliphatic carbocycles. The highest BCUT2D eigenvalue weighted by Gasteiger charge is 2.15. The third-order valence-electron chi connectivity index (χ3n) is 3.29. The maximum Gasteiger partial charge on any atom is 0.315 e. The lowest BCUT2D eigenvalue weighted by Crippen LogP contribution is -2.41. The Labute approximate surface area is 131 Å². The van der Waals surface area contributed by atoms with Crippen molar-refractivity contribution in [3.8, 4) is 11.5 Å². The maximum atomic E-state index is 11.6. The van der Waals surface area contributed by atoms with Gasteiger partial charge in [-0.05, 0) is 31.9 Å². The molecule has 1 heterocycles. The molecule has 0 aromatic heterocycles. The van der Waals surface area contributed by atoms with Crippen LogP contribution in [0.1, 0.15) is 19.8 Å². The van der Waals surface area contributed by atoms with Crippen molar-refractivity contribution in [3.63, 3.8) is 0 Å². The zero-order valence-electron chi connectivity index (χ0n) is 13.0. The molecule has 122 valence electrons. The first kappa shape index (κ1) is 16.4. The SMILES string of the molecule is CCOc1cccc(OCCNC(=O)NCC2CCCO2)c1. The van der Waals surface area contributed by atoms with Crippen LogP contribution >= 0.6 is 0 Å². The van der Waals surface area contributed by atoms with Crippen LogP contribution in [0.5, 0.6) is 11.5 Å². The summed E-state index contributed by atoms with van der Waals surface area (Å²) < 4.78 is 16.4. The molecule has 1 unspecified atom stereocenters. The molecule has 1 fully saturated rings. The molecule has 1 aliphatic heterocycles. The van der Waals surface area contributed by atoms with Gasteiger partial charge in [0, 0.05) is 19.2 Å². The van der Waals surface area contributed by atoms with Gasteiger partial charge in [-0.3, -0.25) is 0 Å². The normalized spacial score (nSPS) is 17.0. The number of rotatable bonds is 8. The number of benzene rings is 1. The fourth-order valence-corrected chi connectivity index (χ4v) is 2.23. The Kier molecular flexibility index (Phi) is 6.83. The van der Waals surface area contributed by atoms with E-state index >= 15 is 0 Å². The third-order valence-corrected chi connectivity index (χ3v) is 3.29. The minimum absolute atomic E-state index is 0.156. The number of amides is 2. The van der Waals surface area contributed by atoms with Crippen LogP contribution in [-0.4, -0.2) is 45.0 Å². The van der Waals surface area contributed by atoms with Crippen LogP contribution in [0.25, 0.3) is 0 Å². The van der Waals surface area contributed by atoms with Crippen molar-refractivity contribution in [1.82, 2.24) is 10.6 Å². The van der Waals surface area contributed by atoms with Gasteiger partial charge in [0.25, 0.3) is 0 Å². The average Bonchev–Trinajstić information content (AvgIpc) is 3.04. The standard InChI is InChI=1S/C16H24N2O4/c1-2-20-13-5-3-6-14(11-13)22-10-8-17-16(19)18-12-15-7-4-9-21-15/h3,5-6,11,15H,2,4,7-10,12H2,1H3,(H2,17,18,19). The second-order valence-electron chi connectivity index (χ2n) is 5.03. The number of urea groups is 1. The molecule has 6 heteroatoms. The van der Waals surface area contributed by atoms with Crippen LogP contribution in [0.4, 0.5) is 4.79 Å².